The Labute approximate surface area is 96.0 Å². The molecule has 1 aromatic heterocycles. The summed E-state index contributed by atoms with van der Waals surface area (Å²) in [6.07, 6.45) is 2.28. The van der Waals surface area contributed by atoms with E-state index in [1.807, 2.05) is 0 Å². The zero-order chi connectivity index (χ0) is 11.5. The summed E-state index contributed by atoms with van der Waals surface area (Å²) in [4.78, 5) is 6.65. The maximum Gasteiger partial charge on any atom is 0.240 e. The van der Waals surface area contributed by atoms with Gasteiger partial charge in [-0.1, -0.05) is 19.0 Å². The molecule has 1 atom stereocenters. The van der Waals surface area contributed by atoms with E-state index in [-0.39, 0.29) is 0 Å². The number of rotatable bonds is 3. The van der Waals surface area contributed by atoms with E-state index < -0.39 is 0 Å². The highest BCUT2D eigenvalue weighted by Crippen LogP contribution is 2.14. The van der Waals surface area contributed by atoms with E-state index in [4.69, 9.17) is 10.3 Å². The van der Waals surface area contributed by atoms with Crippen LogP contribution in [0.1, 0.15) is 44.3 Å². The molecule has 2 rings (SSSR count). The molecule has 16 heavy (non-hydrogen) atoms. The quantitative estimate of drug-likeness (QED) is 0.833. The lowest BCUT2D eigenvalue weighted by Crippen LogP contribution is -2.42. The number of nitrogens with two attached hydrogens (primary N) is 1. The van der Waals surface area contributed by atoms with Gasteiger partial charge in [0.1, 0.15) is 0 Å². The predicted molar refractivity (Wildman–Crippen MR) is 60.9 cm³/mol. The fourth-order valence-electron chi connectivity index (χ4n) is 1.99. The third kappa shape index (κ3) is 2.80. The van der Waals surface area contributed by atoms with Gasteiger partial charge in [-0.15, -0.1) is 0 Å². The fraction of sp³-hybridized carbons (Fsp3) is 0.818. The summed E-state index contributed by atoms with van der Waals surface area (Å²) in [6.45, 7) is 6.86. The minimum absolute atomic E-state index is 0.293. The molecule has 5 heteroatoms. The van der Waals surface area contributed by atoms with Gasteiger partial charge >= 0.3 is 0 Å². The van der Waals surface area contributed by atoms with Crippen LogP contribution in [0.25, 0.3) is 0 Å². The Hall–Kier alpha value is -0.940. The Morgan fingerprint density at radius 3 is 3.00 bits per heavy atom. The van der Waals surface area contributed by atoms with Gasteiger partial charge in [0.05, 0.1) is 6.54 Å². The molecule has 1 aliphatic heterocycles. The van der Waals surface area contributed by atoms with E-state index in [2.05, 4.69) is 28.9 Å². The van der Waals surface area contributed by atoms with E-state index in [0.717, 1.165) is 38.3 Å². The monoisotopic (exact) mass is 224 g/mol. The molecule has 0 aliphatic carbocycles. The van der Waals surface area contributed by atoms with Crippen LogP contribution < -0.4 is 5.73 Å². The largest absolute Gasteiger partial charge is 0.338 e. The standard InChI is InChI=1S/C11H20N4O/c1-8(2)11-13-10(16-14-11)7-15-5-3-4-9(12)6-15/h8-9H,3-7,12H2,1-2H3/t9-/m1/s1. The molecule has 1 saturated heterocycles. The van der Waals surface area contributed by atoms with Crippen LogP contribution in [0.5, 0.6) is 0 Å². The van der Waals surface area contributed by atoms with Crippen LogP contribution in [-0.4, -0.2) is 34.2 Å². The van der Waals surface area contributed by atoms with Crippen molar-refractivity contribution in [2.24, 2.45) is 5.73 Å². The van der Waals surface area contributed by atoms with E-state index in [1.165, 1.54) is 0 Å². The lowest BCUT2D eigenvalue weighted by atomic mass is 10.1. The highest BCUT2D eigenvalue weighted by molar-refractivity contribution is 4.92. The lowest BCUT2D eigenvalue weighted by molar-refractivity contribution is 0.178. The molecule has 0 amide bonds. The van der Waals surface area contributed by atoms with Crippen LogP contribution >= 0.6 is 0 Å². The third-order valence-corrected chi connectivity index (χ3v) is 2.90. The maximum atomic E-state index is 5.92. The SMILES string of the molecule is CC(C)c1noc(CN2CCC[C@@H](N)C2)n1. The number of hydrogen-bond acceptors (Lipinski definition) is 5. The van der Waals surface area contributed by atoms with Gasteiger partial charge in [0.15, 0.2) is 5.82 Å². The predicted octanol–water partition coefficient (Wildman–Crippen LogP) is 1.12. The molecule has 0 bridgehead atoms. The van der Waals surface area contributed by atoms with Gasteiger partial charge < -0.3 is 10.3 Å². The number of nitrogens with zero attached hydrogens (tertiary/aromatic N) is 3. The first-order valence-corrected chi connectivity index (χ1v) is 5.95. The molecule has 0 aromatic carbocycles. The van der Waals surface area contributed by atoms with Crippen LogP contribution in [0.3, 0.4) is 0 Å². The average molecular weight is 224 g/mol. The Morgan fingerprint density at radius 2 is 2.38 bits per heavy atom. The van der Waals surface area contributed by atoms with Crippen LogP contribution in [0.15, 0.2) is 4.52 Å². The third-order valence-electron chi connectivity index (χ3n) is 2.90. The van der Waals surface area contributed by atoms with Crippen LogP contribution in [0.4, 0.5) is 0 Å². The van der Waals surface area contributed by atoms with Gasteiger partial charge in [-0.3, -0.25) is 4.90 Å². The summed E-state index contributed by atoms with van der Waals surface area (Å²) in [5, 5.41) is 3.96. The molecule has 0 spiro atoms. The Balaban J connectivity index is 1.92. The topological polar surface area (TPSA) is 68.2 Å². The van der Waals surface area contributed by atoms with Crippen LogP contribution in [0.2, 0.25) is 0 Å². The first-order valence-electron chi connectivity index (χ1n) is 5.95. The highest BCUT2D eigenvalue weighted by Gasteiger charge is 2.19. The van der Waals surface area contributed by atoms with Crippen molar-refractivity contribution < 1.29 is 4.52 Å². The maximum absolute atomic E-state index is 5.92. The molecule has 0 radical (unpaired) electrons. The summed E-state index contributed by atoms with van der Waals surface area (Å²) in [5.41, 5.74) is 5.92. The summed E-state index contributed by atoms with van der Waals surface area (Å²) in [7, 11) is 0. The first-order chi connectivity index (χ1) is 7.65. The van der Waals surface area contributed by atoms with Crippen molar-refractivity contribution in [3.8, 4) is 0 Å². The van der Waals surface area contributed by atoms with Crippen molar-refractivity contribution in [1.82, 2.24) is 15.0 Å². The molecule has 5 nitrogen and oxygen atoms in total. The smallest absolute Gasteiger partial charge is 0.240 e. The van der Waals surface area contributed by atoms with Crippen LogP contribution in [-0.2, 0) is 6.54 Å². The van der Waals surface area contributed by atoms with Gasteiger partial charge in [-0.25, -0.2) is 0 Å². The Morgan fingerprint density at radius 1 is 1.56 bits per heavy atom. The van der Waals surface area contributed by atoms with Gasteiger partial charge in [0.2, 0.25) is 5.89 Å². The minimum Gasteiger partial charge on any atom is -0.338 e. The number of piperidine rings is 1. The van der Waals surface area contributed by atoms with Crippen molar-refractivity contribution in [3.63, 3.8) is 0 Å². The Bertz CT molecular complexity index is 336. The van der Waals surface area contributed by atoms with Gasteiger partial charge in [0, 0.05) is 18.5 Å². The zero-order valence-corrected chi connectivity index (χ0v) is 10.0. The summed E-state index contributed by atoms with van der Waals surface area (Å²) < 4.78 is 5.22. The van der Waals surface area contributed by atoms with E-state index in [0.29, 0.717) is 17.9 Å². The second-order valence-electron chi connectivity index (χ2n) is 4.84. The molecule has 1 fully saturated rings. The summed E-state index contributed by atoms with van der Waals surface area (Å²) in [6, 6.07) is 0.293. The normalized spacial score (nSPS) is 22.9. The van der Waals surface area contributed by atoms with Crippen molar-refractivity contribution in [1.29, 1.82) is 0 Å². The van der Waals surface area contributed by atoms with E-state index >= 15 is 0 Å². The molecule has 90 valence electrons. The van der Waals surface area contributed by atoms with E-state index in [1.54, 1.807) is 0 Å². The average Bonchev–Trinajstić information content (AvgIpc) is 2.66. The molecular weight excluding hydrogens is 204 g/mol. The van der Waals surface area contributed by atoms with Crippen molar-refractivity contribution in [3.05, 3.63) is 11.7 Å². The second kappa shape index (κ2) is 4.93. The molecule has 0 saturated carbocycles. The van der Waals surface area contributed by atoms with Gasteiger partial charge in [-0.05, 0) is 19.4 Å². The molecule has 1 aromatic rings. The number of hydrogen-bond donors (Lipinski definition) is 1. The molecule has 2 heterocycles. The fourth-order valence-corrected chi connectivity index (χ4v) is 1.99. The van der Waals surface area contributed by atoms with Crippen molar-refractivity contribution >= 4 is 0 Å². The van der Waals surface area contributed by atoms with Crippen LogP contribution in [0, 0.1) is 0 Å². The summed E-state index contributed by atoms with van der Waals surface area (Å²) in [5.74, 6) is 1.82. The number of aromatic nitrogens is 2. The minimum atomic E-state index is 0.293. The van der Waals surface area contributed by atoms with Crippen molar-refractivity contribution in [2.45, 2.75) is 45.2 Å². The first kappa shape index (κ1) is 11.5. The molecule has 0 unspecified atom stereocenters. The lowest BCUT2D eigenvalue weighted by Gasteiger charge is -2.29. The molecule has 1 aliphatic rings. The molecule has 2 N–H and O–H groups in total. The van der Waals surface area contributed by atoms with Gasteiger partial charge in [0.25, 0.3) is 0 Å². The number of likely N-dealkylation sites (tertiary alicyclic amines) is 1. The van der Waals surface area contributed by atoms with Crippen molar-refractivity contribution in [2.75, 3.05) is 13.1 Å². The highest BCUT2D eigenvalue weighted by atomic mass is 16.5. The van der Waals surface area contributed by atoms with Gasteiger partial charge in [-0.2, -0.15) is 4.98 Å². The zero-order valence-electron chi connectivity index (χ0n) is 10.0. The van der Waals surface area contributed by atoms with E-state index in [9.17, 15) is 0 Å². The molecular formula is C11H20N4O. The Kier molecular flexibility index (Phi) is 3.56. The second-order valence-corrected chi connectivity index (χ2v) is 4.84. The summed E-state index contributed by atoms with van der Waals surface area (Å²) >= 11 is 0.